The van der Waals surface area contributed by atoms with Crippen molar-refractivity contribution in [3.05, 3.63) is 29.3 Å². The predicted molar refractivity (Wildman–Crippen MR) is 76.8 cm³/mol. The molecule has 106 valence electrons. The monoisotopic (exact) mass is 282 g/mol. The molecule has 0 spiro atoms. The van der Waals surface area contributed by atoms with Crippen LogP contribution in [-0.4, -0.2) is 38.4 Å². The highest BCUT2D eigenvalue weighted by Gasteiger charge is 2.34. The maximum atomic E-state index is 12.8. The fourth-order valence-corrected chi connectivity index (χ4v) is 4.32. The quantitative estimate of drug-likeness (QED) is 0.894. The van der Waals surface area contributed by atoms with Gasteiger partial charge in [-0.05, 0) is 43.5 Å². The molecular formula is C14H22N2O2S. The van der Waals surface area contributed by atoms with Crippen molar-refractivity contribution in [3.63, 3.8) is 0 Å². The van der Waals surface area contributed by atoms with Gasteiger partial charge in [-0.25, -0.2) is 8.42 Å². The molecule has 2 rings (SSSR count). The highest BCUT2D eigenvalue weighted by molar-refractivity contribution is 7.89. The lowest BCUT2D eigenvalue weighted by Gasteiger charge is -2.37. The molecule has 5 heteroatoms. The van der Waals surface area contributed by atoms with Crippen LogP contribution < -0.4 is 5.32 Å². The molecule has 4 nitrogen and oxygen atoms in total. The summed E-state index contributed by atoms with van der Waals surface area (Å²) in [6.45, 7) is 7.97. The third kappa shape index (κ3) is 2.99. The molecule has 0 unspecified atom stereocenters. The van der Waals surface area contributed by atoms with Crippen LogP contribution >= 0.6 is 0 Å². The summed E-state index contributed by atoms with van der Waals surface area (Å²) in [5, 5.41) is 3.14. The molecule has 19 heavy (non-hydrogen) atoms. The summed E-state index contributed by atoms with van der Waals surface area (Å²) < 4.78 is 27.2. The Hall–Kier alpha value is -0.910. The van der Waals surface area contributed by atoms with E-state index in [2.05, 4.69) is 5.32 Å². The summed E-state index contributed by atoms with van der Waals surface area (Å²) in [5.41, 5.74) is 1.98. The van der Waals surface area contributed by atoms with Crippen molar-refractivity contribution >= 4 is 10.0 Å². The van der Waals surface area contributed by atoms with Gasteiger partial charge in [0.25, 0.3) is 0 Å². The zero-order chi connectivity index (χ0) is 14.0. The van der Waals surface area contributed by atoms with Gasteiger partial charge in [0.2, 0.25) is 10.0 Å². The summed E-state index contributed by atoms with van der Waals surface area (Å²) in [6.07, 6.45) is 0.834. The second-order valence-electron chi connectivity index (χ2n) is 5.25. The van der Waals surface area contributed by atoms with Crippen LogP contribution in [-0.2, 0) is 10.0 Å². The molecule has 1 aliphatic heterocycles. The van der Waals surface area contributed by atoms with E-state index in [0.717, 1.165) is 30.6 Å². The van der Waals surface area contributed by atoms with Crippen LogP contribution in [0.5, 0.6) is 0 Å². The third-order valence-electron chi connectivity index (χ3n) is 3.41. The molecule has 0 aliphatic carbocycles. The Labute approximate surface area is 115 Å². The second kappa shape index (κ2) is 5.61. The van der Waals surface area contributed by atoms with Gasteiger partial charge in [0.1, 0.15) is 0 Å². The van der Waals surface area contributed by atoms with Crippen molar-refractivity contribution < 1.29 is 8.42 Å². The first-order valence-electron chi connectivity index (χ1n) is 6.76. The average molecular weight is 282 g/mol. The van der Waals surface area contributed by atoms with Crippen molar-refractivity contribution in [1.29, 1.82) is 0 Å². The number of nitrogens with zero attached hydrogens (tertiary/aromatic N) is 1. The van der Waals surface area contributed by atoms with Crippen LogP contribution in [0, 0.1) is 13.8 Å². The molecule has 1 N–H and O–H groups in total. The summed E-state index contributed by atoms with van der Waals surface area (Å²) in [7, 11) is -3.37. The predicted octanol–water partition coefficient (Wildman–Crippen LogP) is 1.68. The normalized spacial score (nSPS) is 16.6. The Kier molecular flexibility index (Phi) is 4.28. The Morgan fingerprint density at radius 2 is 1.79 bits per heavy atom. The first-order chi connectivity index (χ1) is 8.95. The maximum absolute atomic E-state index is 12.8. The Morgan fingerprint density at radius 3 is 2.21 bits per heavy atom. The van der Waals surface area contributed by atoms with Crippen LogP contribution in [0.25, 0.3) is 0 Å². The lowest BCUT2D eigenvalue weighted by Crippen LogP contribution is -2.58. The zero-order valence-electron chi connectivity index (χ0n) is 11.8. The number of benzene rings is 1. The van der Waals surface area contributed by atoms with Gasteiger partial charge in [-0.15, -0.1) is 0 Å². The molecule has 1 aromatic rings. The van der Waals surface area contributed by atoms with Crippen LogP contribution in [0.4, 0.5) is 0 Å². The minimum Gasteiger partial charge on any atom is -0.313 e. The Balaban J connectivity index is 2.37. The molecule has 1 saturated heterocycles. The van der Waals surface area contributed by atoms with E-state index in [1.165, 1.54) is 0 Å². The average Bonchev–Trinajstić information content (AvgIpc) is 2.24. The van der Waals surface area contributed by atoms with E-state index in [1.807, 2.05) is 26.8 Å². The standard InChI is InChI=1S/C14H22N2O2S/c1-4-5-16(13-9-15-10-13)19(17,18)14-7-11(2)6-12(3)8-14/h6-8,13,15H,4-5,9-10H2,1-3H3. The minimum atomic E-state index is -3.37. The van der Waals surface area contributed by atoms with E-state index in [9.17, 15) is 8.42 Å². The van der Waals surface area contributed by atoms with Crippen molar-refractivity contribution in [1.82, 2.24) is 9.62 Å². The highest BCUT2D eigenvalue weighted by atomic mass is 32.2. The minimum absolute atomic E-state index is 0.103. The molecule has 0 saturated carbocycles. The van der Waals surface area contributed by atoms with E-state index in [-0.39, 0.29) is 6.04 Å². The fourth-order valence-electron chi connectivity index (χ4n) is 2.41. The SMILES string of the molecule is CCCN(C1CNC1)S(=O)(=O)c1cc(C)cc(C)c1. The van der Waals surface area contributed by atoms with Crippen molar-refractivity contribution in [3.8, 4) is 0 Å². The van der Waals surface area contributed by atoms with Crippen LogP contribution in [0.2, 0.25) is 0 Å². The molecule has 0 bridgehead atoms. The summed E-state index contributed by atoms with van der Waals surface area (Å²) in [6, 6.07) is 5.62. The van der Waals surface area contributed by atoms with Gasteiger partial charge in [-0.2, -0.15) is 4.31 Å². The van der Waals surface area contributed by atoms with Crippen molar-refractivity contribution in [2.24, 2.45) is 0 Å². The molecule has 0 aromatic heterocycles. The van der Waals surface area contributed by atoms with Gasteiger partial charge in [-0.1, -0.05) is 13.0 Å². The van der Waals surface area contributed by atoms with E-state index >= 15 is 0 Å². The first-order valence-corrected chi connectivity index (χ1v) is 8.20. The molecule has 0 atom stereocenters. The smallest absolute Gasteiger partial charge is 0.243 e. The lowest BCUT2D eigenvalue weighted by atomic mass is 10.2. The van der Waals surface area contributed by atoms with Gasteiger partial charge in [-0.3, -0.25) is 0 Å². The van der Waals surface area contributed by atoms with Crippen molar-refractivity contribution in [2.45, 2.75) is 38.1 Å². The maximum Gasteiger partial charge on any atom is 0.243 e. The molecule has 1 heterocycles. The summed E-state index contributed by atoms with van der Waals surface area (Å²) >= 11 is 0. The van der Waals surface area contributed by atoms with E-state index in [0.29, 0.717) is 11.4 Å². The van der Waals surface area contributed by atoms with Gasteiger partial charge in [0.05, 0.1) is 10.9 Å². The number of nitrogens with one attached hydrogen (secondary N) is 1. The number of hydrogen-bond acceptors (Lipinski definition) is 3. The number of hydrogen-bond donors (Lipinski definition) is 1. The van der Waals surface area contributed by atoms with Crippen molar-refractivity contribution in [2.75, 3.05) is 19.6 Å². The molecule has 1 aromatic carbocycles. The molecule has 0 amide bonds. The highest BCUT2D eigenvalue weighted by Crippen LogP contribution is 2.22. The van der Waals surface area contributed by atoms with Gasteiger partial charge in [0, 0.05) is 19.6 Å². The van der Waals surface area contributed by atoms with Crippen LogP contribution in [0.3, 0.4) is 0 Å². The Morgan fingerprint density at radius 1 is 1.21 bits per heavy atom. The number of rotatable bonds is 5. The van der Waals surface area contributed by atoms with E-state index in [4.69, 9.17) is 0 Å². The van der Waals surface area contributed by atoms with Gasteiger partial charge < -0.3 is 5.32 Å². The third-order valence-corrected chi connectivity index (χ3v) is 5.34. The number of aryl methyl sites for hydroxylation is 2. The zero-order valence-corrected chi connectivity index (χ0v) is 12.6. The molecule has 0 radical (unpaired) electrons. The van der Waals surface area contributed by atoms with Gasteiger partial charge in [0.15, 0.2) is 0 Å². The van der Waals surface area contributed by atoms with E-state index in [1.54, 1.807) is 16.4 Å². The van der Waals surface area contributed by atoms with E-state index < -0.39 is 10.0 Å². The van der Waals surface area contributed by atoms with Gasteiger partial charge >= 0.3 is 0 Å². The van der Waals surface area contributed by atoms with Crippen LogP contribution in [0.1, 0.15) is 24.5 Å². The molecule has 1 aliphatic rings. The summed E-state index contributed by atoms with van der Waals surface area (Å²) in [5.74, 6) is 0. The van der Waals surface area contributed by atoms with Crippen LogP contribution in [0.15, 0.2) is 23.1 Å². The first kappa shape index (κ1) is 14.5. The number of sulfonamides is 1. The lowest BCUT2D eigenvalue weighted by molar-refractivity contribution is 0.242. The largest absolute Gasteiger partial charge is 0.313 e. The molecular weight excluding hydrogens is 260 g/mol. The summed E-state index contributed by atoms with van der Waals surface area (Å²) in [4.78, 5) is 0.422. The second-order valence-corrected chi connectivity index (χ2v) is 7.14. The fraction of sp³-hybridized carbons (Fsp3) is 0.571. The Bertz CT molecular complexity index is 530. The topological polar surface area (TPSA) is 49.4 Å². The molecule has 1 fully saturated rings.